The highest BCUT2D eigenvalue weighted by atomic mass is 16.5. The number of benzene rings is 1. The smallest absolute Gasteiger partial charge is 0.408 e. The largest absolute Gasteiger partial charge is 0.491 e. The average Bonchev–Trinajstić information content (AvgIpc) is 2.64. The number of carboxylic acid groups (broad SMARTS) is 1. The van der Waals surface area contributed by atoms with Crippen molar-refractivity contribution in [3.63, 3.8) is 0 Å². The van der Waals surface area contributed by atoms with Crippen molar-refractivity contribution in [2.75, 3.05) is 6.61 Å². The van der Waals surface area contributed by atoms with Gasteiger partial charge in [0.1, 0.15) is 24.7 Å². The van der Waals surface area contributed by atoms with Crippen LogP contribution in [0.15, 0.2) is 30.5 Å². The van der Waals surface area contributed by atoms with Crippen molar-refractivity contribution in [2.24, 2.45) is 5.92 Å². The Bertz CT molecular complexity index is 918. The molecule has 162 valence electrons. The van der Waals surface area contributed by atoms with E-state index >= 15 is 0 Å². The van der Waals surface area contributed by atoms with Crippen molar-refractivity contribution in [3.8, 4) is 22.6 Å². The maximum absolute atomic E-state index is 12.0. The number of amides is 1. The molecule has 1 atom stereocenters. The van der Waals surface area contributed by atoms with Gasteiger partial charge in [-0.3, -0.25) is 9.88 Å². The number of aromatic nitrogens is 1. The number of hydrogen-bond acceptors (Lipinski definition) is 4. The Kier molecular flexibility index (Phi) is 6.25. The number of ether oxygens (including phenoxy) is 2. The molecule has 3 rings (SSSR count). The lowest BCUT2D eigenvalue weighted by atomic mass is 9.96. The molecule has 6 heteroatoms. The molecule has 0 saturated heterocycles. The Morgan fingerprint density at radius 1 is 1.27 bits per heavy atom. The Morgan fingerprint density at radius 3 is 2.63 bits per heavy atom. The summed E-state index contributed by atoms with van der Waals surface area (Å²) in [6.45, 7) is 12.7. The predicted octanol–water partition coefficient (Wildman–Crippen LogP) is 5.52. The normalized spacial score (nSPS) is 13.8. The summed E-state index contributed by atoms with van der Waals surface area (Å²) < 4.78 is 12.0. The molecular formula is C24H32N2O4. The van der Waals surface area contributed by atoms with Crippen LogP contribution in [0.3, 0.4) is 0 Å². The third-order valence-electron chi connectivity index (χ3n) is 5.37. The minimum absolute atomic E-state index is 0.242. The molecule has 0 aliphatic carbocycles. The first-order chi connectivity index (χ1) is 14.1. The van der Waals surface area contributed by atoms with Crippen LogP contribution < -0.4 is 9.47 Å². The monoisotopic (exact) mass is 412 g/mol. The molecule has 2 heterocycles. The van der Waals surface area contributed by atoms with Gasteiger partial charge in [0.25, 0.3) is 0 Å². The summed E-state index contributed by atoms with van der Waals surface area (Å²) in [5.74, 6) is 1.80. The number of rotatable bonds is 6. The van der Waals surface area contributed by atoms with Gasteiger partial charge in [-0.25, -0.2) is 4.79 Å². The van der Waals surface area contributed by atoms with Gasteiger partial charge in [-0.1, -0.05) is 13.8 Å². The van der Waals surface area contributed by atoms with Gasteiger partial charge in [-0.05, 0) is 63.8 Å². The van der Waals surface area contributed by atoms with E-state index < -0.39 is 11.6 Å². The molecule has 1 N–H and O–H groups in total. The molecule has 2 aromatic rings. The summed E-state index contributed by atoms with van der Waals surface area (Å²) in [6, 6.07) is 7.58. The quantitative estimate of drug-likeness (QED) is 0.676. The molecule has 6 nitrogen and oxygen atoms in total. The summed E-state index contributed by atoms with van der Waals surface area (Å²) in [6.07, 6.45) is 1.62. The highest BCUT2D eigenvalue weighted by Crippen LogP contribution is 2.40. The molecule has 1 aliphatic heterocycles. The maximum Gasteiger partial charge on any atom is 0.408 e. The van der Waals surface area contributed by atoms with E-state index in [9.17, 15) is 9.90 Å². The van der Waals surface area contributed by atoms with Gasteiger partial charge in [0.2, 0.25) is 0 Å². The third-order valence-corrected chi connectivity index (χ3v) is 5.37. The van der Waals surface area contributed by atoms with Gasteiger partial charge in [0.15, 0.2) is 0 Å². The highest BCUT2D eigenvalue weighted by Gasteiger charge is 2.34. The standard InChI is InChI=1S/C24H32N2O4/c1-15(2)11-17(26(23(27)28)24(4,5)6)13-29-18-7-8-20-19-9-10-25-16(3)21(19)14-30-22(20)12-18/h7-10,12,15,17H,11,13-14H2,1-6H3,(H,27,28). The molecule has 0 radical (unpaired) electrons. The third kappa shape index (κ3) is 4.69. The fourth-order valence-corrected chi connectivity index (χ4v) is 4.09. The van der Waals surface area contributed by atoms with E-state index in [1.807, 2.05) is 58.2 Å². The Hall–Kier alpha value is -2.76. The Morgan fingerprint density at radius 2 is 2.00 bits per heavy atom. The van der Waals surface area contributed by atoms with E-state index in [2.05, 4.69) is 18.8 Å². The molecule has 0 saturated carbocycles. The van der Waals surface area contributed by atoms with Crippen LogP contribution in [-0.2, 0) is 6.61 Å². The zero-order valence-corrected chi connectivity index (χ0v) is 18.7. The minimum atomic E-state index is -0.925. The zero-order chi connectivity index (χ0) is 22.1. The zero-order valence-electron chi connectivity index (χ0n) is 18.7. The van der Waals surface area contributed by atoms with E-state index in [-0.39, 0.29) is 6.04 Å². The lowest BCUT2D eigenvalue weighted by molar-refractivity contribution is 0.0433. The van der Waals surface area contributed by atoms with Crippen LogP contribution in [-0.4, -0.2) is 39.3 Å². The number of fused-ring (bicyclic) bond motifs is 3. The highest BCUT2D eigenvalue weighted by molar-refractivity contribution is 5.76. The van der Waals surface area contributed by atoms with Gasteiger partial charge in [0, 0.05) is 34.6 Å². The van der Waals surface area contributed by atoms with Gasteiger partial charge >= 0.3 is 6.09 Å². The van der Waals surface area contributed by atoms with E-state index in [0.717, 1.165) is 34.6 Å². The van der Waals surface area contributed by atoms with Crippen LogP contribution in [0.25, 0.3) is 11.1 Å². The molecule has 0 bridgehead atoms. The molecule has 1 aromatic heterocycles. The van der Waals surface area contributed by atoms with Gasteiger partial charge in [-0.15, -0.1) is 0 Å². The number of aryl methyl sites for hydroxylation is 1. The second-order valence-electron chi connectivity index (χ2n) is 9.29. The first kappa shape index (κ1) is 21.9. The lowest BCUT2D eigenvalue weighted by Crippen LogP contribution is -2.53. The molecular weight excluding hydrogens is 380 g/mol. The van der Waals surface area contributed by atoms with Crippen LogP contribution >= 0.6 is 0 Å². The van der Waals surface area contributed by atoms with Crippen molar-refractivity contribution in [1.29, 1.82) is 0 Å². The van der Waals surface area contributed by atoms with Gasteiger partial charge in [0.05, 0.1) is 6.04 Å². The summed E-state index contributed by atoms with van der Waals surface area (Å²) in [7, 11) is 0. The van der Waals surface area contributed by atoms with Crippen molar-refractivity contribution in [3.05, 3.63) is 41.7 Å². The topological polar surface area (TPSA) is 71.9 Å². The van der Waals surface area contributed by atoms with Crippen LogP contribution in [0, 0.1) is 12.8 Å². The maximum atomic E-state index is 12.0. The SMILES string of the molecule is Cc1nccc2c1COc1cc(OCC(CC(C)C)N(C(=O)O)C(C)(C)C)ccc1-2. The first-order valence-electron chi connectivity index (χ1n) is 10.4. The molecule has 1 amide bonds. The average molecular weight is 413 g/mol. The van der Waals surface area contributed by atoms with E-state index in [4.69, 9.17) is 9.47 Å². The summed E-state index contributed by atoms with van der Waals surface area (Å²) in [5, 5.41) is 9.81. The minimum Gasteiger partial charge on any atom is -0.491 e. The second-order valence-corrected chi connectivity index (χ2v) is 9.29. The van der Waals surface area contributed by atoms with Gasteiger partial charge < -0.3 is 14.6 Å². The Labute approximate surface area is 178 Å². The fourth-order valence-electron chi connectivity index (χ4n) is 4.09. The summed E-state index contributed by atoms with van der Waals surface area (Å²) in [4.78, 5) is 17.8. The molecule has 30 heavy (non-hydrogen) atoms. The van der Waals surface area contributed by atoms with E-state index in [1.165, 1.54) is 4.90 Å². The summed E-state index contributed by atoms with van der Waals surface area (Å²) >= 11 is 0. The van der Waals surface area contributed by atoms with Crippen LogP contribution in [0.1, 0.15) is 52.3 Å². The molecule has 1 unspecified atom stereocenters. The molecule has 0 spiro atoms. The number of nitrogens with zero attached hydrogens (tertiary/aromatic N) is 2. The lowest BCUT2D eigenvalue weighted by Gasteiger charge is -2.40. The number of pyridine rings is 1. The van der Waals surface area contributed by atoms with Crippen LogP contribution in [0.2, 0.25) is 0 Å². The van der Waals surface area contributed by atoms with Crippen molar-refractivity contribution in [2.45, 2.75) is 66.2 Å². The first-order valence-corrected chi connectivity index (χ1v) is 10.4. The molecule has 1 aliphatic rings. The van der Waals surface area contributed by atoms with Crippen molar-refractivity contribution < 1.29 is 19.4 Å². The summed E-state index contributed by atoms with van der Waals surface area (Å²) in [5.41, 5.74) is 3.74. The fraction of sp³-hybridized carbons (Fsp3) is 0.500. The second kappa shape index (κ2) is 8.54. The predicted molar refractivity (Wildman–Crippen MR) is 117 cm³/mol. The van der Waals surface area contributed by atoms with Crippen molar-refractivity contribution >= 4 is 6.09 Å². The Balaban J connectivity index is 1.81. The van der Waals surface area contributed by atoms with Gasteiger partial charge in [-0.2, -0.15) is 0 Å². The van der Waals surface area contributed by atoms with E-state index in [0.29, 0.717) is 24.9 Å². The van der Waals surface area contributed by atoms with Crippen molar-refractivity contribution in [1.82, 2.24) is 9.88 Å². The van der Waals surface area contributed by atoms with Crippen LogP contribution in [0.4, 0.5) is 4.79 Å². The molecule has 1 aromatic carbocycles. The number of carbonyl (C=O) groups is 1. The number of hydrogen-bond donors (Lipinski definition) is 1. The van der Waals surface area contributed by atoms with E-state index in [1.54, 1.807) is 0 Å². The van der Waals surface area contributed by atoms with Crippen LogP contribution in [0.5, 0.6) is 11.5 Å². The molecule has 0 fully saturated rings.